The number of carbonyl (C=O) groups excluding carboxylic acids is 1. The monoisotopic (exact) mass is 373 g/mol. The molecule has 1 heterocycles. The maximum Gasteiger partial charge on any atom is 0.277 e. The number of halogens is 2. The molecule has 0 aromatic heterocycles. The third-order valence-corrected chi connectivity index (χ3v) is 4.48. The molecular formula is C14H17Cl2N5OS. The number of hydrogen-bond donors (Lipinski definition) is 2. The summed E-state index contributed by atoms with van der Waals surface area (Å²) in [7, 11) is 2.01. The van der Waals surface area contributed by atoms with Gasteiger partial charge in [0.15, 0.2) is 5.71 Å². The third kappa shape index (κ3) is 4.54. The minimum absolute atomic E-state index is 0.000551. The van der Waals surface area contributed by atoms with Crippen molar-refractivity contribution in [2.45, 2.75) is 0 Å². The Labute approximate surface area is 150 Å². The molecule has 1 aliphatic heterocycles. The van der Waals surface area contributed by atoms with Crippen LogP contribution in [0.4, 0.5) is 5.69 Å². The summed E-state index contributed by atoms with van der Waals surface area (Å²) in [6.45, 7) is 2.80. The molecule has 0 aliphatic carbocycles. The second-order valence-electron chi connectivity index (χ2n) is 5.13. The quantitative estimate of drug-likeness (QED) is 0.478. The molecule has 0 saturated carbocycles. The SMILES string of the molecule is CN1CCN(C(=O)C(=NNc2cccc(Cl)c2Cl)C(N)=S)CC1. The normalized spacial score (nSPS) is 16.3. The number of likely N-dealkylation sites (N-methyl/N-ethyl adjacent to an activating group) is 1. The summed E-state index contributed by atoms with van der Waals surface area (Å²) in [5.41, 5.74) is 8.83. The summed E-state index contributed by atoms with van der Waals surface area (Å²) >= 11 is 17.0. The van der Waals surface area contributed by atoms with Gasteiger partial charge in [-0.05, 0) is 19.2 Å². The Morgan fingerprint density at radius 2 is 1.96 bits per heavy atom. The summed E-state index contributed by atoms with van der Waals surface area (Å²) < 4.78 is 0. The van der Waals surface area contributed by atoms with Crippen LogP contribution in [0.5, 0.6) is 0 Å². The fraction of sp³-hybridized carbons (Fsp3) is 0.357. The first kappa shape index (κ1) is 17.9. The largest absolute Gasteiger partial charge is 0.388 e. The number of piperazine rings is 1. The van der Waals surface area contributed by atoms with E-state index in [1.165, 1.54) is 0 Å². The fourth-order valence-corrected chi connectivity index (χ4v) is 2.55. The molecule has 1 saturated heterocycles. The van der Waals surface area contributed by atoms with Crippen molar-refractivity contribution < 1.29 is 4.79 Å². The van der Waals surface area contributed by atoms with Crippen LogP contribution in [0, 0.1) is 0 Å². The van der Waals surface area contributed by atoms with Crippen molar-refractivity contribution in [3.63, 3.8) is 0 Å². The van der Waals surface area contributed by atoms with E-state index in [4.69, 9.17) is 41.2 Å². The number of anilines is 1. The van der Waals surface area contributed by atoms with Gasteiger partial charge in [-0.15, -0.1) is 0 Å². The van der Waals surface area contributed by atoms with Crippen LogP contribution < -0.4 is 11.2 Å². The zero-order valence-electron chi connectivity index (χ0n) is 12.6. The molecule has 6 nitrogen and oxygen atoms in total. The lowest BCUT2D eigenvalue weighted by atomic mass is 10.2. The van der Waals surface area contributed by atoms with Gasteiger partial charge in [0.25, 0.3) is 5.91 Å². The van der Waals surface area contributed by atoms with E-state index >= 15 is 0 Å². The smallest absolute Gasteiger partial charge is 0.277 e. The molecule has 0 bridgehead atoms. The Bertz CT molecular complexity index is 644. The first-order valence-electron chi connectivity index (χ1n) is 6.95. The van der Waals surface area contributed by atoms with Crippen molar-refractivity contribution in [2.24, 2.45) is 10.8 Å². The third-order valence-electron chi connectivity index (χ3n) is 3.47. The average molecular weight is 374 g/mol. The number of benzene rings is 1. The van der Waals surface area contributed by atoms with Gasteiger partial charge in [0.2, 0.25) is 0 Å². The number of rotatable bonds is 4. The summed E-state index contributed by atoms with van der Waals surface area (Å²) in [6, 6.07) is 5.06. The minimum atomic E-state index is -0.295. The Morgan fingerprint density at radius 3 is 2.57 bits per heavy atom. The molecule has 0 unspecified atom stereocenters. The number of amides is 1. The van der Waals surface area contributed by atoms with Gasteiger partial charge in [-0.2, -0.15) is 5.10 Å². The van der Waals surface area contributed by atoms with Crippen molar-refractivity contribution in [1.29, 1.82) is 0 Å². The Kier molecular flexibility index (Phi) is 6.17. The molecular weight excluding hydrogens is 357 g/mol. The van der Waals surface area contributed by atoms with Gasteiger partial charge in [0.1, 0.15) is 4.99 Å². The number of hydrogen-bond acceptors (Lipinski definition) is 5. The van der Waals surface area contributed by atoms with Crippen LogP contribution in [-0.2, 0) is 4.79 Å². The van der Waals surface area contributed by atoms with Gasteiger partial charge in [-0.25, -0.2) is 0 Å². The van der Waals surface area contributed by atoms with Crippen LogP contribution in [-0.4, -0.2) is 59.6 Å². The highest BCUT2D eigenvalue weighted by Gasteiger charge is 2.25. The number of nitrogens with zero attached hydrogens (tertiary/aromatic N) is 3. The molecule has 2 rings (SSSR count). The van der Waals surface area contributed by atoms with Crippen molar-refractivity contribution in [3.05, 3.63) is 28.2 Å². The predicted octanol–water partition coefficient (Wildman–Crippen LogP) is 1.82. The van der Waals surface area contributed by atoms with E-state index in [-0.39, 0.29) is 16.6 Å². The maximum atomic E-state index is 12.5. The van der Waals surface area contributed by atoms with E-state index in [1.54, 1.807) is 23.1 Å². The number of nitrogens with one attached hydrogen (secondary N) is 1. The molecule has 0 spiro atoms. The number of hydrazone groups is 1. The van der Waals surface area contributed by atoms with Crippen LogP contribution in [0.15, 0.2) is 23.3 Å². The molecule has 1 aliphatic rings. The fourth-order valence-electron chi connectivity index (χ4n) is 2.07. The molecule has 0 atom stereocenters. The van der Waals surface area contributed by atoms with Gasteiger partial charge in [-0.3, -0.25) is 10.2 Å². The minimum Gasteiger partial charge on any atom is -0.388 e. The van der Waals surface area contributed by atoms with E-state index in [0.717, 1.165) is 13.1 Å². The van der Waals surface area contributed by atoms with Crippen LogP contribution >= 0.6 is 35.4 Å². The van der Waals surface area contributed by atoms with E-state index in [9.17, 15) is 4.79 Å². The Balaban J connectivity index is 2.16. The van der Waals surface area contributed by atoms with E-state index in [2.05, 4.69) is 15.4 Å². The predicted molar refractivity (Wildman–Crippen MR) is 98.4 cm³/mol. The van der Waals surface area contributed by atoms with Crippen molar-refractivity contribution in [1.82, 2.24) is 9.80 Å². The Hall–Kier alpha value is -1.41. The molecule has 3 N–H and O–H groups in total. The standard InChI is InChI=1S/C14H17Cl2N5OS/c1-20-5-7-21(8-6-20)14(22)12(13(17)23)19-18-10-4-2-3-9(15)11(10)16/h2-4,18H,5-8H2,1H3,(H2,17,23). The zero-order chi connectivity index (χ0) is 17.0. The lowest BCUT2D eigenvalue weighted by Gasteiger charge is -2.32. The van der Waals surface area contributed by atoms with E-state index in [0.29, 0.717) is 28.8 Å². The van der Waals surface area contributed by atoms with Gasteiger partial charge in [0, 0.05) is 26.2 Å². The van der Waals surface area contributed by atoms with Gasteiger partial charge in [-0.1, -0.05) is 41.5 Å². The van der Waals surface area contributed by atoms with Crippen molar-refractivity contribution in [3.8, 4) is 0 Å². The van der Waals surface area contributed by atoms with Gasteiger partial charge >= 0.3 is 0 Å². The highest BCUT2D eigenvalue weighted by atomic mass is 35.5. The lowest BCUT2D eigenvalue weighted by Crippen LogP contribution is -2.51. The molecule has 1 fully saturated rings. The highest BCUT2D eigenvalue weighted by molar-refractivity contribution is 7.82. The Morgan fingerprint density at radius 1 is 1.30 bits per heavy atom. The van der Waals surface area contributed by atoms with Gasteiger partial charge in [0.05, 0.1) is 15.7 Å². The number of carbonyl (C=O) groups is 1. The number of nitrogens with two attached hydrogens (primary N) is 1. The molecule has 23 heavy (non-hydrogen) atoms. The van der Waals surface area contributed by atoms with Crippen LogP contribution in [0.2, 0.25) is 10.0 Å². The first-order chi connectivity index (χ1) is 10.9. The number of thiocarbonyl (C=S) groups is 1. The zero-order valence-corrected chi connectivity index (χ0v) is 14.9. The van der Waals surface area contributed by atoms with Crippen molar-refractivity contribution in [2.75, 3.05) is 38.7 Å². The highest BCUT2D eigenvalue weighted by Crippen LogP contribution is 2.29. The maximum absolute atomic E-state index is 12.5. The molecule has 1 aromatic rings. The first-order valence-corrected chi connectivity index (χ1v) is 8.12. The second kappa shape index (κ2) is 7.92. The van der Waals surface area contributed by atoms with Crippen molar-refractivity contribution >= 4 is 57.7 Å². The van der Waals surface area contributed by atoms with Gasteiger partial charge < -0.3 is 15.5 Å². The van der Waals surface area contributed by atoms with Crippen LogP contribution in [0.3, 0.4) is 0 Å². The van der Waals surface area contributed by atoms with E-state index < -0.39 is 0 Å². The van der Waals surface area contributed by atoms with E-state index in [1.807, 2.05) is 7.05 Å². The molecule has 1 amide bonds. The van der Waals surface area contributed by atoms with Crippen LogP contribution in [0.1, 0.15) is 0 Å². The summed E-state index contributed by atoms with van der Waals surface area (Å²) in [4.78, 5) is 16.3. The molecule has 124 valence electrons. The van der Waals surface area contributed by atoms with Crippen LogP contribution in [0.25, 0.3) is 0 Å². The summed E-state index contributed by atoms with van der Waals surface area (Å²) in [5.74, 6) is -0.295. The molecule has 9 heteroatoms. The topological polar surface area (TPSA) is 74.0 Å². The average Bonchev–Trinajstić information content (AvgIpc) is 2.51. The second-order valence-corrected chi connectivity index (χ2v) is 6.36. The summed E-state index contributed by atoms with van der Waals surface area (Å²) in [5, 5.41) is 4.74. The summed E-state index contributed by atoms with van der Waals surface area (Å²) in [6.07, 6.45) is 0. The lowest BCUT2D eigenvalue weighted by molar-refractivity contribution is -0.125. The molecule has 1 aromatic carbocycles. The molecule has 0 radical (unpaired) electrons.